The molecule has 0 radical (unpaired) electrons. The van der Waals surface area contributed by atoms with Gasteiger partial charge in [0.1, 0.15) is 24.4 Å². The van der Waals surface area contributed by atoms with Gasteiger partial charge in [-0.05, 0) is 30.5 Å². The summed E-state index contributed by atoms with van der Waals surface area (Å²) in [5.41, 5.74) is 0.778. The lowest BCUT2D eigenvalue weighted by molar-refractivity contribution is -0.256. The number of hydrogen-bond acceptors (Lipinski definition) is 16. The summed E-state index contributed by atoms with van der Waals surface area (Å²) < 4.78 is 11.0. The van der Waals surface area contributed by atoms with Crippen LogP contribution in [0.1, 0.15) is 53.7 Å². The van der Waals surface area contributed by atoms with Crippen molar-refractivity contribution in [2.24, 2.45) is 5.16 Å². The third kappa shape index (κ3) is 5.29. The summed E-state index contributed by atoms with van der Waals surface area (Å²) in [6.07, 6.45) is -0.319. The third-order valence-electron chi connectivity index (χ3n) is 9.25. The van der Waals surface area contributed by atoms with E-state index < -0.39 is 89.3 Å². The van der Waals surface area contributed by atoms with Crippen LogP contribution in [0, 0.1) is 0 Å². The maximum atomic E-state index is 13.6. The Morgan fingerprint density at radius 1 is 1.06 bits per heavy atom. The molecule has 21 heteroatoms. The number of phenolic OH excluding ortho intramolecular Hbond substituents is 2. The second kappa shape index (κ2) is 11.8. The van der Waals surface area contributed by atoms with E-state index in [-0.39, 0.29) is 53.5 Å². The van der Waals surface area contributed by atoms with E-state index in [4.69, 9.17) is 24.9 Å². The zero-order valence-corrected chi connectivity index (χ0v) is 26.5. The molecule has 20 nitrogen and oxygen atoms in total. The first-order valence-electron chi connectivity index (χ1n) is 15.2. The van der Waals surface area contributed by atoms with Crippen molar-refractivity contribution in [3.63, 3.8) is 0 Å². The number of nitrogen functional groups attached to an aromatic ring is 1. The number of amides is 3. The molecule has 6 heterocycles. The van der Waals surface area contributed by atoms with E-state index in [1.54, 1.807) is 0 Å². The standard InChI is InChI=1S/C29H28N6O14S/c30-27-32-16(10-50-27)20(33-49-28(25(42)43)5-12-1-2-13(6-28)47-12)21(38)31-15-9-46-35(23(15)40)29(26(44)45)7-17(24(41)48-29)34-8-11-3-18(36)19(37)4-14(11)22(34)39/h3-4,10,12-13,15,17,36-37H,1-2,5-9H2,(H2,30,32)(H,31,38)(H,42,43)(H,44,45)/b33-20-/t12?,13?,15-,17-,28?,29?/m0/s1. The van der Waals surface area contributed by atoms with E-state index in [0.717, 1.165) is 28.4 Å². The van der Waals surface area contributed by atoms with Gasteiger partial charge in [-0.1, -0.05) is 5.16 Å². The Bertz CT molecular complexity index is 1870. The molecule has 1 aromatic carbocycles. The Labute approximate surface area is 283 Å². The molecule has 3 unspecified atom stereocenters. The Kier molecular flexibility index (Phi) is 7.79. The monoisotopic (exact) mass is 716 g/mol. The average molecular weight is 717 g/mol. The summed E-state index contributed by atoms with van der Waals surface area (Å²) in [6, 6.07) is -0.942. The fourth-order valence-electron chi connectivity index (χ4n) is 6.77. The first-order valence-corrected chi connectivity index (χ1v) is 16.1. The minimum Gasteiger partial charge on any atom is -0.504 e. The molecule has 5 aliphatic rings. The van der Waals surface area contributed by atoms with Crippen molar-refractivity contribution >= 4 is 57.8 Å². The van der Waals surface area contributed by atoms with E-state index in [2.05, 4.69) is 15.5 Å². The SMILES string of the molecule is Nc1nc(/C(=N/OC2(C(=O)O)CC3CCC(C2)O3)C(=O)N[C@H]2CON(C3(C(=O)O)C[C@H](N4Cc5cc(O)c(O)cc5C4=O)C(=O)O3)C2=O)cs1. The lowest BCUT2D eigenvalue weighted by atomic mass is 9.90. The van der Waals surface area contributed by atoms with Gasteiger partial charge in [-0.2, -0.15) is 5.06 Å². The van der Waals surface area contributed by atoms with Crippen molar-refractivity contribution in [3.05, 3.63) is 34.3 Å². The molecule has 4 saturated heterocycles. The fourth-order valence-corrected chi connectivity index (χ4v) is 7.32. The molecule has 2 bridgehead atoms. The zero-order valence-electron chi connectivity index (χ0n) is 25.6. The number of nitrogens with zero attached hydrogens (tertiary/aromatic N) is 4. The number of esters is 1. The summed E-state index contributed by atoms with van der Waals surface area (Å²) in [5.74, 6) is -8.36. The van der Waals surface area contributed by atoms with Crippen LogP contribution >= 0.6 is 11.3 Å². The maximum absolute atomic E-state index is 13.6. The van der Waals surface area contributed by atoms with Gasteiger partial charge in [0.2, 0.25) is 5.60 Å². The number of ether oxygens (including phenoxy) is 2. The number of hydroxylamine groups is 2. The highest BCUT2D eigenvalue weighted by atomic mass is 32.1. The van der Waals surface area contributed by atoms with Gasteiger partial charge in [-0.3, -0.25) is 19.2 Å². The Morgan fingerprint density at radius 3 is 2.40 bits per heavy atom. The largest absolute Gasteiger partial charge is 0.504 e. The number of thiazole rings is 1. The number of rotatable bonds is 9. The van der Waals surface area contributed by atoms with Gasteiger partial charge in [-0.15, -0.1) is 11.3 Å². The van der Waals surface area contributed by atoms with Gasteiger partial charge in [0.05, 0.1) is 18.6 Å². The van der Waals surface area contributed by atoms with E-state index in [1.165, 1.54) is 5.38 Å². The lowest BCUT2D eigenvalue weighted by Crippen LogP contribution is -2.57. The predicted molar refractivity (Wildman–Crippen MR) is 161 cm³/mol. The van der Waals surface area contributed by atoms with Crippen molar-refractivity contribution in [1.82, 2.24) is 20.3 Å². The number of aromatic nitrogens is 1. The van der Waals surface area contributed by atoms with Crippen LogP contribution < -0.4 is 11.1 Å². The van der Waals surface area contributed by atoms with Crippen LogP contribution in [0.2, 0.25) is 0 Å². The van der Waals surface area contributed by atoms with Crippen LogP contribution in [0.4, 0.5) is 5.13 Å². The van der Waals surface area contributed by atoms with Crippen molar-refractivity contribution in [2.75, 3.05) is 12.3 Å². The van der Waals surface area contributed by atoms with Crippen LogP contribution in [0.15, 0.2) is 22.7 Å². The molecule has 5 atom stereocenters. The van der Waals surface area contributed by atoms with Crippen molar-refractivity contribution in [2.45, 2.75) is 74.3 Å². The van der Waals surface area contributed by atoms with Gasteiger partial charge in [-0.25, -0.2) is 19.4 Å². The number of carboxylic acids is 2. The number of nitrogens with one attached hydrogen (secondary N) is 1. The highest BCUT2D eigenvalue weighted by Crippen LogP contribution is 2.42. The summed E-state index contributed by atoms with van der Waals surface area (Å²) in [6.45, 7) is -0.866. The minimum atomic E-state index is -2.75. The number of nitrogens with two attached hydrogens (primary N) is 1. The number of cyclic esters (lactones) is 1. The average Bonchev–Trinajstić information content (AvgIpc) is 3.88. The predicted octanol–water partition coefficient (Wildman–Crippen LogP) is -0.967. The number of benzene rings is 1. The van der Waals surface area contributed by atoms with Gasteiger partial charge in [0, 0.05) is 30.3 Å². The normalized spacial score (nSPS) is 30.4. The smallest absolute Gasteiger partial charge is 0.372 e. The Balaban J connectivity index is 1.10. The summed E-state index contributed by atoms with van der Waals surface area (Å²) in [7, 11) is 0. The Morgan fingerprint density at radius 2 is 1.76 bits per heavy atom. The molecule has 5 aliphatic heterocycles. The van der Waals surface area contributed by atoms with E-state index >= 15 is 0 Å². The number of aromatic hydroxyl groups is 2. The highest BCUT2D eigenvalue weighted by molar-refractivity contribution is 7.13. The van der Waals surface area contributed by atoms with Gasteiger partial charge < -0.3 is 50.7 Å². The first-order chi connectivity index (χ1) is 23.7. The zero-order chi connectivity index (χ0) is 35.7. The molecule has 0 saturated carbocycles. The highest BCUT2D eigenvalue weighted by Gasteiger charge is 2.64. The molecule has 4 fully saturated rings. The Hall–Kier alpha value is -5.54. The molecule has 0 aliphatic carbocycles. The molecule has 7 rings (SSSR count). The van der Waals surface area contributed by atoms with Gasteiger partial charge >= 0.3 is 23.6 Å². The number of hydrogen-bond donors (Lipinski definition) is 6. The van der Waals surface area contributed by atoms with Gasteiger partial charge in [0.25, 0.3) is 17.7 Å². The topological polar surface area (TPSA) is 290 Å². The third-order valence-corrected chi connectivity index (χ3v) is 9.92. The number of carboxylic acid groups (broad SMARTS) is 2. The molecule has 2 aromatic rings. The van der Waals surface area contributed by atoms with E-state index in [1.807, 2.05) is 0 Å². The number of anilines is 1. The molecular formula is C29H28N6O14S. The molecule has 7 N–H and O–H groups in total. The fraction of sp³-hybridized carbons (Fsp3) is 0.448. The summed E-state index contributed by atoms with van der Waals surface area (Å²) in [4.78, 5) is 94.2. The number of carbonyl (C=O) groups excluding carboxylic acids is 4. The number of oxime groups is 1. The molecule has 3 amide bonds. The lowest BCUT2D eigenvalue weighted by Gasteiger charge is -2.34. The summed E-state index contributed by atoms with van der Waals surface area (Å²) in [5, 5.41) is 47.9. The second-order valence-corrected chi connectivity index (χ2v) is 13.3. The van der Waals surface area contributed by atoms with Crippen LogP contribution in [0.25, 0.3) is 0 Å². The van der Waals surface area contributed by atoms with Gasteiger partial charge in [0.15, 0.2) is 22.3 Å². The van der Waals surface area contributed by atoms with Crippen LogP contribution in [0.5, 0.6) is 11.5 Å². The summed E-state index contributed by atoms with van der Waals surface area (Å²) >= 11 is 0.947. The van der Waals surface area contributed by atoms with Crippen LogP contribution in [0.3, 0.4) is 0 Å². The molecule has 0 spiro atoms. The molecule has 50 heavy (non-hydrogen) atoms. The number of aliphatic carboxylic acids is 2. The van der Waals surface area contributed by atoms with E-state index in [0.29, 0.717) is 17.9 Å². The van der Waals surface area contributed by atoms with Crippen LogP contribution in [-0.4, -0.2) is 119 Å². The number of fused-ring (bicyclic) bond motifs is 3. The number of carbonyl (C=O) groups is 6. The van der Waals surface area contributed by atoms with Crippen molar-refractivity contribution < 1.29 is 68.3 Å². The quantitative estimate of drug-likeness (QED) is 0.0788. The second-order valence-electron chi connectivity index (χ2n) is 12.4. The minimum absolute atomic E-state index is 0.0287. The first kappa shape index (κ1) is 33.0. The molecular weight excluding hydrogens is 688 g/mol. The van der Waals surface area contributed by atoms with Crippen molar-refractivity contribution in [3.8, 4) is 11.5 Å². The van der Waals surface area contributed by atoms with Crippen molar-refractivity contribution in [1.29, 1.82) is 0 Å². The molecule has 1 aromatic heterocycles. The molecule has 264 valence electrons. The van der Waals surface area contributed by atoms with E-state index in [9.17, 15) is 49.2 Å². The number of phenols is 2. The maximum Gasteiger partial charge on any atom is 0.372 e. The van der Waals surface area contributed by atoms with Crippen LogP contribution in [-0.2, 0) is 49.7 Å².